The Hall–Kier alpha value is -2.80. The topological polar surface area (TPSA) is 60.0 Å². The molecule has 0 radical (unpaired) electrons. The maximum absolute atomic E-state index is 14.3. The predicted octanol–water partition coefficient (Wildman–Crippen LogP) is 4.16. The second-order valence-electron chi connectivity index (χ2n) is 8.19. The van der Waals surface area contributed by atoms with Crippen LogP contribution in [0, 0.1) is 11.7 Å². The fraction of sp³-hybridized carbons (Fsp3) is 0.480. The van der Waals surface area contributed by atoms with E-state index < -0.39 is 0 Å². The minimum atomic E-state index is -0.236. The number of nitrogens with zero attached hydrogens (tertiary/aromatic N) is 1. The summed E-state index contributed by atoms with van der Waals surface area (Å²) in [6.45, 7) is 2.83. The van der Waals surface area contributed by atoms with Crippen molar-refractivity contribution in [2.45, 2.75) is 38.8 Å². The summed E-state index contributed by atoms with van der Waals surface area (Å²) in [6.07, 6.45) is 3.47. The van der Waals surface area contributed by atoms with Gasteiger partial charge in [-0.25, -0.2) is 4.39 Å². The molecule has 1 heterocycles. The zero-order valence-electron chi connectivity index (χ0n) is 19.2. The number of methoxy groups -OCH3 is 3. The lowest BCUT2D eigenvalue weighted by molar-refractivity contribution is -0.121. The molecule has 1 fully saturated rings. The first-order chi connectivity index (χ1) is 15.5. The van der Waals surface area contributed by atoms with Crippen LogP contribution in [0.3, 0.4) is 0 Å². The molecule has 0 unspecified atom stereocenters. The summed E-state index contributed by atoms with van der Waals surface area (Å²) in [5, 5.41) is 2.99. The minimum Gasteiger partial charge on any atom is -0.497 e. The monoisotopic (exact) mass is 444 g/mol. The van der Waals surface area contributed by atoms with Gasteiger partial charge in [0.25, 0.3) is 0 Å². The third-order valence-corrected chi connectivity index (χ3v) is 6.01. The number of piperidine rings is 1. The van der Waals surface area contributed by atoms with E-state index in [2.05, 4.69) is 10.2 Å². The van der Waals surface area contributed by atoms with E-state index in [-0.39, 0.29) is 11.7 Å². The quantitative estimate of drug-likeness (QED) is 0.596. The van der Waals surface area contributed by atoms with E-state index in [0.29, 0.717) is 48.2 Å². The predicted molar refractivity (Wildman–Crippen MR) is 122 cm³/mol. The molecule has 0 aliphatic carbocycles. The second-order valence-corrected chi connectivity index (χ2v) is 8.19. The van der Waals surface area contributed by atoms with Gasteiger partial charge >= 0.3 is 0 Å². The van der Waals surface area contributed by atoms with Crippen LogP contribution in [0.2, 0.25) is 0 Å². The van der Waals surface area contributed by atoms with Crippen molar-refractivity contribution in [2.24, 2.45) is 5.92 Å². The molecule has 2 aromatic rings. The summed E-state index contributed by atoms with van der Waals surface area (Å²) in [5.74, 6) is 2.17. The van der Waals surface area contributed by atoms with Crippen LogP contribution >= 0.6 is 0 Å². The number of rotatable bonds is 10. The summed E-state index contributed by atoms with van der Waals surface area (Å²) in [5.41, 5.74) is 1.59. The number of benzene rings is 2. The highest BCUT2D eigenvalue weighted by Crippen LogP contribution is 2.26. The number of hydrogen-bond donors (Lipinski definition) is 1. The highest BCUT2D eigenvalue weighted by molar-refractivity contribution is 5.75. The minimum absolute atomic E-state index is 0.0289. The molecule has 1 N–H and O–H groups in total. The third-order valence-electron chi connectivity index (χ3n) is 6.01. The van der Waals surface area contributed by atoms with Crippen molar-refractivity contribution >= 4 is 5.91 Å². The molecular weight excluding hydrogens is 411 g/mol. The lowest BCUT2D eigenvalue weighted by atomic mass is 9.93. The number of ether oxygens (including phenoxy) is 3. The Kier molecular flexibility index (Phi) is 8.73. The average molecular weight is 445 g/mol. The summed E-state index contributed by atoms with van der Waals surface area (Å²) in [6, 6.07) is 10.6. The van der Waals surface area contributed by atoms with E-state index in [0.717, 1.165) is 37.9 Å². The van der Waals surface area contributed by atoms with Crippen molar-refractivity contribution in [1.29, 1.82) is 0 Å². The van der Waals surface area contributed by atoms with Crippen LogP contribution in [-0.4, -0.2) is 45.2 Å². The Morgan fingerprint density at radius 1 is 1.06 bits per heavy atom. The van der Waals surface area contributed by atoms with Crippen molar-refractivity contribution in [3.8, 4) is 17.2 Å². The average Bonchev–Trinajstić information content (AvgIpc) is 2.82. The summed E-state index contributed by atoms with van der Waals surface area (Å²) < 4.78 is 30.0. The van der Waals surface area contributed by atoms with E-state index in [1.54, 1.807) is 26.4 Å². The molecule has 0 bridgehead atoms. The van der Waals surface area contributed by atoms with Crippen LogP contribution in [0.15, 0.2) is 36.4 Å². The normalized spacial score (nSPS) is 16.4. The van der Waals surface area contributed by atoms with Gasteiger partial charge in [0.2, 0.25) is 5.91 Å². The van der Waals surface area contributed by atoms with Gasteiger partial charge in [0.15, 0.2) is 0 Å². The summed E-state index contributed by atoms with van der Waals surface area (Å²) in [7, 11) is 4.75. The summed E-state index contributed by atoms with van der Waals surface area (Å²) in [4.78, 5) is 14.7. The van der Waals surface area contributed by atoms with E-state index in [4.69, 9.17) is 14.2 Å². The SMILES string of the molecule is COc1ccc(CN2CCC[C@@H](CCC(=O)NCc3ccc(OC)cc3OC)C2)c(F)c1. The molecule has 0 spiro atoms. The van der Waals surface area contributed by atoms with Gasteiger partial charge in [0.1, 0.15) is 23.1 Å². The van der Waals surface area contributed by atoms with Crippen LogP contribution in [-0.2, 0) is 17.9 Å². The third kappa shape index (κ3) is 6.60. The lowest BCUT2D eigenvalue weighted by Crippen LogP contribution is -2.35. The first-order valence-corrected chi connectivity index (χ1v) is 11.0. The van der Waals surface area contributed by atoms with E-state index in [1.807, 2.05) is 18.2 Å². The van der Waals surface area contributed by atoms with Crippen molar-refractivity contribution < 1.29 is 23.4 Å². The molecule has 2 aromatic carbocycles. The zero-order valence-corrected chi connectivity index (χ0v) is 19.2. The first-order valence-electron chi connectivity index (χ1n) is 11.0. The Morgan fingerprint density at radius 3 is 2.47 bits per heavy atom. The van der Waals surface area contributed by atoms with E-state index in [1.165, 1.54) is 13.2 Å². The van der Waals surface area contributed by atoms with Crippen LogP contribution < -0.4 is 19.5 Å². The van der Waals surface area contributed by atoms with Gasteiger partial charge in [-0.15, -0.1) is 0 Å². The molecule has 0 aromatic heterocycles. The Labute approximate surface area is 189 Å². The van der Waals surface area contributed by atoms with Gasteiger partial charge < -0.3 is 19.5 Å². The number of hydrogen-bond acceptors (Lipinski definition) is 5. The van der Waals surface area contributed by atoms with E-state index in [9.17, 15) is 9.18 Å². The van der Waals surface area contributed by atoms with Crippen molar-refractivity contribution in [3.63, 3.8) is 0 Å². The highest BCUT2D eigenvalue weighted by atomic mass is 19.1. The van der Waals surface area contributed by atoms with Gasteiger partial charge in [-0.1, -0.05) is 6.07 Å². The number of carbonyl (C=O) groups excluding carboxylic acids is 1. The number of halogens is 1. The smallest absolute Gasteiger partial charge is 0.220 e. The molecule has 1 atom stereocenters. The van der Waals surface area contributed by atoms with Gasteiger partial charge in [0.05, 0.1) is 21.3 Å². The molecule has 6 nitrogen and oxygen atoms in total. The largest absolute Gasteiger partial charge is 0.497 e. The van der Waals surface area contributed by atoms with Crippen molar-refractivity contribution in [1.82, 2.24) is 10.2 Å². The fourth-order valence-corrected chi connectivity index (χ4v) is 4.17. The van der Waals surface area contributed by atoms with Crippen molar-refractivity contribution in [3.05, 3.63) is 53.3 Å². The molecule has 3 rings (SSSR count). The molecule has 174 valence electrons. The number of likely N-dealkylation sites (tertiary alicyclic amines) is 1. The van der Waals surface area contributed by atoms with Crippen molar-refractivity contribution in [2.75, 3.05) is 34.4 Å². The Bertz CT molecular complexity index is 906. The number of amides is 1. The second kappa shape index (κ2) is 11.7. The molecule has 1 aliphatic rings. The van der Waals surface area contributed by atoms with Crippen LogP contribution in [0.1, 0.15) is 36.8 Å². The van der Waals surface area contributed by atoms with E-state index >= 15 is 0 Å². The Morgan fingerprint density at radius 2 is 1.78 bits per heavy atom. The van der Waals surface area contributed by atoms with Crippen LogP contribution in [0.5, 0.6) is 17.2 Å². The number of carbonyl (C=O) groups is 1. The van der Waals surface area contributed by atoms with Gasteiger partial charge in [-0.05, 0) is 49.9 Å². The molecule has 0 saturated carbocycles. The molecule has 32 heavy (non-hydrogen) atoms. The maximum atomic E-state index is 14.3. The van der Waals surface area contributed by atoms with Gasteiger partial charge in [-0.3, -0.25) is 9.69 Å². The Balaban J connectivity index is 1.45. The van der Waals surface area contributed by atoms with Crippen LogP contribution in [0.4, 0.5) is 4.39 Å². The molecule has 1 amide bonds. The highest BCUT2D eigenvalue weighted by Gasteiger charge is 2.21. The van der Waals surface area contributed by atoms with Gasteiger partial charge in [0, 0.05) is 49.3 Å². The molecular formula is C25H33FN2O4. The first kappa shape index (κ1) is 23.9. The summed E-state index contributed by atoms with van der Waals surface area (Å²) >= 11 is 0. The maximum Gasteiger partial charge on any atom is 0.220 e. The molecule has 1 saturated heterocycles. The zero-order chi connectivity index (χ0) is 22.9. The molecule has 1 aliphatic heterocycles. The standard InChI is InChI=1S/C25H33FN2O4/c1-30-21-10-8-20(23(26)13-21)17-28-12-4-5-18(16-28)6-11-25(29)27-15-19-7-9-22(31-2)14-24(19)32-3/h7-10,13-14,18H,4-6,11-12,15-17H2,1-3H3,(H,27,29)/t18-/m0/s1. The fourth-order valence-electron chi connectivity index (χ4n) is 4.17. The van der Waals surface area contributed by atoms with Gasteiger partial charge in [-0.2, -0.15) is 0 Å². The lowest BCUT2D eigenvalue weighted by Gasteiger charge is -2.32. The number of nitrogens with one attached hydrogen (secondary N) is 1. The van der Waals surface area contributed by atoms with Crippen LogP contribution in [0.25, 0.3) is 0 Å². The molecule has 7 heteroatoms.